The van der Waals surface area contributed by atoms with Crippen LogP contribution in [0.1, 0.15) is 6.42 Å². The van der Waals surface area contributed by atoms with E-state index in [0.29, 0.717) is 13.0 Å². The minimum atomic E-state index is -0.711. The van der Waals surface area contributed by atoms with Gasteiger partial charge in [-0.25, -0.2) is 0 Å². The Balaban J connectivity index is 2.23. The maximum absolute atomic E-state index is 9.40. The number of aliphatic hydroxyl groups excluding tert-OH is 2. The Labute approximate surface area is 94.9 Å². The standard InChI is InChI=1S/C12H16N2O2/c1-14-7-9(6-10(16)8-15)13-11-4-2-3-5-12(11)14/h2-5,10,15-16H,6-8H2,1H3. The van der Waals surface area contributed by atoms with E-state index in [1.807, 2.05) is 31.3 Å². The van der Waals surface area contributed by atoms with Gasteiger partial charge >= 0.3 is 0 Å². The molecular weight excluding hydrogens is 204 g/mol. The van der Waals surface area contributed by atoms with E-state index in [-0.39, 0.29) is 6.61 Å². The van der Waals surface area contributed by atoms with Gasteiger partial charge in [-0.3, -0.25) is 4.99 Å². The quantitative estimate of drug-likeness (QED) is 0.797. The smallest absolute Gasteiger partial charge is 0.0863 e. The second-order valence-corrected chi connectivity index (χ2v) is 4.06. The molecule has 2 rings (SSSR count). The molecule has 0 aliphatic carbocycles. The summed E-state index contributed by atoms with van der Waals surface area (Å²) in [7, 11) is 2.00. The maximum atomic E-state index is 9.40. The monoisotopic (exact) mass is 220 g/mol. The molecule has 86 valence electrons. The van der Waals surface area contributed by atoms with Crippen molar-refractivity contribution in [2.45, 2.75) is 12.5 Å². The van der Waals surface area contributed by atoms with E-state index in [1.165, 1.54) is 0 Å². The summed E-state index contributed by atoms with van der Waals surface area (Å²) in [5.41, 5.74) is 2.93. The third-order valence-electron chi connectivity index (χ3n) is 2.67. The van der Waals surface area contributed by atoms with Gasteiger partial charge in [0.25, 0.3) is 0 Å². The highest BCUT2D eigenvalue weighted by Crippen LogP contribution is 2.31. The van der Waals surface area contributed by atoms with E-state index in [2.05, 4.69) is 9.89 Å². The van der Waals surface area contributed by atoms with Crippen molar-refractivity contribution in [3.63, 3.8) is 0 Å². The molecule has 4 nitrogen and oxygen atoms in total. The summed E-state index contributed by atoms with van der Waals surface area (Å²) in [6.45, 7) is 0.485. The van der Waals surface area contributed by atoms with Crippen LogP contribution in [0.2, 0.25) is 0 Å². The van der Waals surface area contributed by atoms with Gasteiger partial charge < -0.3 is 15.1 Å². The van der Waals surface area contributed by atoms with E-state index < -0.39 is 6.10 Å². The number of hydrogen-bond acceptors (Lipinski definition) is 4. The second-order valence-electron chi connectivity index (χ2n) is 4.06. The average Bonchev–Trinajstić information content (AvgIpc) is 2.29. The predicted molar refractivity (Wildman–Crippen MR) is 64.5 cm³/mol. The van der Waals surface area contributed by atoms with Crippen LogP contribution < -0.4 is 4.90 Å². The van der Waals surface area contributed by atoms with Crippen molar-refractivity contribution in [3.8, 4) is 0 Å². The predicted octanol–water partition coefficient (Wildman–Crippen LogP) is 0.952. The number of fused-ring (bicyclic) bond motifs is 1. The first kappa shape index (κ1) is 11.1. The van der Waals surface area contributed by atoms with Crippen molar-refractivity contribution in [3.05, 3.63) is 24.3 Å². The van der Waals surface area contributed by atoms with E-state index >= 15 is 0 Å². The Bertz CT molecular complexity index is 404. The van der Waals surface area contributed by atoms with Crippen LogP contribution in [0.3, 0.4) is 0 Å². The molecule has 1 heterocycles. The number of nitrogens with zero attached hydrogens (tertiary/aromatic N) is 2. The fraction of sp³-hybridized carbons (Fsp3) is 0.417. The van der Waals surface area contributed by atoms with Gasteiger partial charge in [-0.1, -0.05) is 12.1 Å². The zero-order chi connectivity index (χ0) is 11.5. The van der Waals surface area contributed by atoms with E-state index in [1.54, 1.807) is 0 Å². The molecule has 0 radical (unpaired) electrons. The molecule has 0 saturated heterocycles. The molecule has 0 fully saturated rings. The van der Waals surface area contributed by atoms with Crippen molar-refractivity contribution in [2.75, 3.05) is 25.1 Å². The van der Waals surface area contributed by atoms with Gasteiger partial charge in [0.1, 0.15) is 0 Å². The molecule has 0 bridgehead atoms. The lowest BCUT2D eigenvalue weighted by molar-refractivity contribution is 0.101. The van der Waals surface area contributed by atoms with Crippen LogP contribution in [0.5, 0.6) is 0 Å². The molecule has 4 heteroatoms. The normalized spacial score (nSPS) is 16.7. The minimum absolute atomic E-state index is 0.218. The summed E-state index contributed by atoms with van der Waals surface area (Å²) in [4.78, 5) is 6.59. The van der Waals surface area contributed by atoms with Crippen molar-refractivity contribution >= 4 is 17.1 Å². The summed E-state index contributed by atoms with van der Waals surface area (Å²) in [5, 5.41) is 18.2. The zero-order valence-corrected chi connectivity index (χ0v) is 9.30. The van der Waals surface area contributed by atoms with Crippen LogP contribution in [0.25, 0.3) is 0 Å². The Morgan fingerprint density at radius 3 is 2.94 bits per heavy atom. The molecule has 2 N–H and O–H groups in total. The molecule has 0 aromatic heterocycles. The average molecular weight is 220 g/mol. The van der Waals surface area contributed by atoms with Crippen LogP contribution in [-0.2, 0) is 0 Å². The zero-order valence-electron chi connectivity index (χ0n) is 9.30. The van der Waals surface area contributed by atoms with E-state index in [4.69, 9.17) is 5.11 Å². The molecule has 1 atom stereocenters. The van der Waals surface area contributed by atoms with Gasteiger partial charge in [-0.05, 0) is 12.1 Å². The molecule has 1 unspecified atom stereocenters. The van der Waals surface area contributed by atoms with E-state index in [9.17, 15) is 5.11 Å². The Kier molecular flexibility index (Phi) is 3.22. The molecule has 1 aromatic rings. The first-order valence-electron chi connectivity index (χ1n) is 5.36. The van der Waals surface area contributed by atoms with Crippen molar-refractivity contribution < 1.29 is 10.2 Å². The highest BCUT2D eigenvalue weighted by Gasteiger charge is 2.17. The van der Waals surface area contributed by atoms with Crippen LogP contribution in [-0.4, -0.2) is 42.2 Å². The molecular formula is C12H16N2O2. The lowest BCUT2D eigenvalue weighted by Crippen LogP contribution is -2.31. The fourth-order valence-corrected chi connectivity index (χ4v) is 1.89. The number of anilines is 1. The third-order valence-corrected chi connectivity index (χ3v) is 2.67. The number of hydrogen-bond donors (Lipinski definition) is 2. The van der Waals surface area contributed by atoms with E-state index in [0.717, 1.165) is 17.1 Å². The molecule has 16 heavy (non-hydrogen) atoms. The van der Waals surface area contributed by atoms with Crippen LogP contribution >= 0.6 is 0 Å². The van der Waals surface area contributed by atoms with Gasteiger partial charge in [-0.15, -0.1) is 0 Å². The van der Waals surface area contributed by atoms with Crippen molar-refractivity contribution in [1.82, 2.24) is 0 Å². The lowest BCUT2D eigenvalue weighted by Gasteiger charge is -2.27. The number of benzene rings is 1. The van der Waals surface area contributed by atoms with Gasteiger partial charge in [0.2, 0.25) is 0 Å². The number of para-hydroxylation sites is 2. The van der Waals surface area contributed by atoms with Crippen molar-refractivity contribution in [1.29, 1.82) is 0 Å². The number of aliphatic imine (C=N–C) groups is 1. The highest BCUT2D eigenvalue weighted by molar-refractivity contribution is 5.96. The lowest BCUT2D eigenvalue weighted by atomic mass is 10.1. The molecule has 0 saturated carbocycles. The molecule has 0 amide bonds. The summed E-state index contributed by atoms with van der Waals surface area (Å²) in [5.74, 6) is 0. The van der Waals surface area contributed by atoms with Crippen molar-refractivity contribution in [2.24, 2.45) is 4.99 Å². The molecule has 0 spiro atoms. The largest absolute Gasteiger partial charge is 0.394 e. The van der Waals surface area contributed by atoms with Crippen LogP contribution in [0, 0.1) is 0 Å². The van der Waals surface area contributed by atoms with Gasteiger partial charge in [0.15, 0.2) is 0 Å². The minimum Gasteiger partial charge on any atom is -0.394 e. The van der Waals surface area contributed by atoms with Gasteiger partial charge in [0, 0.05) is 19.2 Å². The molecule has 1 aromatic carbocycles. The first-order chi connectivity index (χ1) is 7.70. The Morgan fingerprint density at radius 1 is 1.44 bits per heavy atom. The Morgan fingerprint density at radius 2 is 2.19 bits per heavy atom. The maximum Gasteiger partial charge on any atom is 0.0863 e. The summed E-state index contributed by atoms with van der Waals surface area (Å²) in [6.07, 6.45) is -0.285. The topological polar surface area (TPSA) is 56.1 Å². The SMILES string of the molecule is CN1CC(CC(O)CO)=Nc2ccccc21. The van der Waals surface area contributed by atoms with Crippen LogP contribution in [0.15, 0.2) is 29.3 Å². The molecule has 1 aliphatic heterocycles. The third kappa shape index (κ3) is 2.23. The van der Waals surface area contributed by atoms with Gasteiger partial charge in [0.05, 0.1) is 30.6 Å². The second kappa shape index (κ2) is 4.63. The Hall–Kier alpha value is -1.39. The highest BCUT2D eigenvalue weighted by atomic mass is 16.3. The number of aliphatic hydroxyl groups is 2. The first-order valence-corrected chi connectivity index (χ1v) is 5.36. The summed E-state index contributed by atoms with van der Waals surface area (Å²) < 4.78 is 0. The number of rotatable bonds is 3. The van der Waals surface area contributed by atoms with Gasteiger partial charge in [-0.2, -0.15) is 0 Å². The fourth-order valence-electron chi connectivity index (χ4n) is 1.89. The molecule has 1 aliphatic rings. The summed E-state index contributed by atoms with van der Waals surface area (Å²) in [6, 6.07) is 7.91. The summed E-state index contributed by atoms with van der Waals surface area (Å²) >= 11 is 0. The van der Waals surface area contributed by atoms with Crippen LogP contribution in [0.4, 0.5) is 11.4 Å².